The zero-order valence-electron chi connectivity index (χ0n) is 25.8. The summed E-state index contributed by atoms with van der Waals surface area (Å²) in [5.41, 5.74) is 10.9. The van der Waals surface area contributed by atoms with E-state index in [1.807, 2.05) is 60.7 Å². The van der Waals surface area contributed by atoms with E-state index in [0.717, 1.165) is 46.1 Å². The molecule has 1 atom stereocenters. The Morgan fingerprint density at radius 1 is 0.733 bits per heavy atom. The van der Waals surface area contributed by atoms with Gasteiger partial charge in [-0.05, 0) is 104 Å². The van der Waals surface area contributed by atoms with Crippen molar-refractivity contribution in [3.63, 3.8) is 0 Å². The summed E-state index contributed by atoms with van der Waals surface area (Å²) in [6.45, 7) is 4.79. The molecule has 7 nitrogen and oxygen atoms in total. The van der Waals surface area contributed by atoms with Gasteiger partial charge in [-0.1, -0.05) is 59.6 Å². The second-order valence-corrected chi connectivity index (χ2v) is 11.6. The van der Waals surface area contributed by atoms with Crippen LogP contribution in [0.1, 0.15) is 60.1 Å². The van der Waals surface area contributed by atoms with Crippen LogP contribution in [0.3, 0.4) is 0 Å². The zero-order chi connectivity index (χ0) is 33.2. The maximum atomic E-state index is 10.7. The largest absolute Gasteiger partial charge is 0.508 e. The van der Waals surface area contributed by atoms with Crippen LogP contribution in [0.15, 0.2) is 84.9 Å². The molecule has 0 heterocycles. The Hall–Kier alpha value is -3.43. The lowest BCUT2D eigenvalue weighted by molar-refractivity contribution is -0.116. The number of benzene rings is 4. The molecule has 0 aliphatic rings. The number of phenols is 2. The van der Waals surface area contributed by atoms with Crippen LogP contribution in [-0.2, 0) is 43.9 Å². The molecule has 0 amide bonds. The number of aliphatic hydroxyl groups is 2. The average molecular weight is 656 g/mol. The molecule has 4 aromatic rings. The van der Waals surface area contributed by atoms with E-state index in [0.29, 0.717) is 36.6 Å². The van der Waals surface area contributed by atoms with Gasteiger partial charge in [0.2, 0.25) is 0 Å². The van der Waals surface area contributed by atoms with Gasteiger partial charge in [-0.15, -0.1) is 0 Å². The molecule has 0 aliphatic heterocycles. The number of hydrogen-bond acceptors (Lipinski definition) is 7. The summed E-state index contributed by atoms with van der Waals surface area (Å²) in [5.74, 6) is 0.392. The van der Waals surface area contributed by atoms with Crippen molar-refractivity contribution in [3.05, 3.63) is 128 Å². The number of carbonyl (C=O) groups excluding carboxylic acids is 1. The van der Waals surface area contributed by atoms with E-state index < -0.39 is 0 Å². The van der Waals surface area contributed by atoms with Crippen LogP contribution >= 0.6 is 23.2 Å². The predicted molar refractivity (Wildman–Crippen MR) is 182 cm³/mol. The molecule has 0 aromatic heterocycles. The number of hydrogen-bond donors (Lipinski definition) is 6. The van der Waals surface area contributed by atoms with Gasteiger partial charge in [0.25, 0.3) is 0 Å². The molecule has 0 aliphatic carbocycles. The molecule has 0 radical (unpaired) electrons. The molecule has 4 aromatic carbocycles. The Balaban J connectivity index is 0.000000261. The van der Waals surface area contributed by atoms with Gasteiger partial charge in [-0.3, -0.25) is 0 Å². The number of ketones is 1. The van der Waals surface area contributed by atoms with E-state index in [1.54, 1.807) is 31.2 Å². The summed E-state index contributed by atoms with van der Waals surface area (Å²) in [4.78, 5) is 10.7. The van der Waals surface area contributed by atoms with Crippen LogP contribution in [0.4, 0.5) is 0 Å². The Morgan fingerprint density at radius 3 is 1.62 bits per heavy atom. The molecule has 9 heteroatoms. The van der Waals surface area contributed by atoms with E-state index in [2.05, 4.69) is 12.2 Å². The summed E-state index contributed by atoms with van der Waals surface area (Å²) in [5, 5.41) is 41.9. The standard InChI is InChI=1S/C18H22ClNO2.C11H14O3.C7H8ClN/c1-13(20-11-15-4-7-17(19)8-5-15)2-3-14-6-9-18(22)16(10-14)12-21;1-8(13)2-3-9-4-5-11(14)10(6-9)7-12;8-7-3-1-6(5-9)2-4-7/h4-10,13,20-22H,2-3,11-12H2,1H3;4-6,12,14H,2-3,7H2,1H3;1-4H,5,9H2. The predicted octanol–water partition coefficient (Wildman–Crippen LogP) is 6.85. The van der Waals surface area contributed by atoms with Gasteiger partial charge >= 0.3 is 0 Å². The fourth-order valence-corrected chi connectivity index (χ4v) is 4.41. The molecule has 0 saturated heterocycles. The van der Waals surface area contributed by atoms with Crippen molar-refractivity contribution < 1.29 is 25.2 Å². The van der Waals surface area contributed by atoms with E-state index in [9.17, 15) is 15.0 Å². The Morgan fingerprint density at radius 2 is 1.18 bits per heavy atom. The van der Waals surface area contributed by atoms with Gasteiger partial charge in [0.1, 0.15) is 17.3 Å². The Bertz CT molecular complexity index is 1450. The molecule has 0 bridgehead atoms. The Kier molecular flexibility index (Phi) is 17.3. The number of rotatable bonds is 12. The van der Waals surface area contributed by atoms with Crippen LogP contribution in [0.25, 0.3) is 0 Å². The third-order valence-electron chi connectivity index (χ3n) is 6.98. The first-order valence-corrected chi connectivity index (χ1v) is 15.5. The van der Waals surface area contributed by atoms with Gasteiger partial charge in [0, 0.05) is 46.7 Å². The third kappa shape index (κ3) is 14.9. The normalized spacial score (nSPS) is 11.1. The molecular formula is C36H44Cl2N2O5. The third-order valence-corrected chi connectivity index (χ3v) is 7.48. The van der Waals surface area contributed by atoms with Gasteiger partial charge in [0.15, 0.2) is 0 Å². The van der Waals surface area contributed by atoms with E-state index in [-0.39, 0.29) is 30.5 Å². The van der Waals surface area contributed by atoms with Crippen molar-refractivity contribution in [1.29, 1.82) is 0 Å². The summed E-state index contributed by atoms with van der Waals surface area (Å²) in [7, 11) is 0. The van der Waals surface area contributed by atoms with Crippen LogP contribution in [-0.4, -0.2) is 32.3 Å². The number of aliphatic hydroxyl groups excluding tert-OH is 2. The van der Waals surface area contributed by atoms with E-state index >= 15 is 0 Å². The number of nitrogens with two attached hydrogens (primary N) is 1. The van der Waals surface area contributed by atoms with Gasteiger partial charge in [-0.25, -0.2) is 0 Å². The van der Waals surface area contributed by atoms with Crippen LogP contribution in [0.5, 0.6) is 11.5 Å². The van der Waals surface area contributed by atoms with Crippen LogP contribution in [0.2, 0.25) is 10.0 Å². The second-order valence-electron chi connectivity index (χ2n) is 10.7. The first kappa shape index (κ1) is 37.8. The molecule has 242 valence electrons. The minimum atomic E-state index is -0.181. The maximum Gasteiger partial charge on any atom is 0.130 e. The minimum absolute atomic E-state index is 0.0964. The van der Waals surface area contributed by atoms with E-state index in [1.165, 1.54) is 5.56 Å². The number of Topliss-reactive ketones (excluding diaryl/α,β-unsaturated/α-hetero) is 1. The smallest absolute Gasteiger partial charge is 0.130 e. The number of nitrogens with one attached hydrogen (secondary N) is 1. The summed E-state index contributed by atoms with van der Waals surface area (Å²) < 4.78 is 0. The van der Waals surface area contributed by atoms with Crippen molar-refractivity contribution in [3.8, 4) is 11.5 Å². The number of aryl methyl sites for hydroxylation is 2. The monoisotopic (exact) mass is 654 g/mol. The number of carbonyl (C=O) groups is 1. The first-order valence-electron chi connectivity index (χ1n) is 14.8. The van der Waals surface area contributed by atoms with Crippen molar-refractivity contribution in [1.82, 2.24) is 5.32 Å². The summed E-state index contributed by atoms with van der Waals surface area (Å²) in [6, 6.07) is 26.2. The Labute approximate surface area is 276 Å². The lowest BCUT2D eigenvalue weighted by Gasteiger charge is -2.14. The number of halogens is 2. The topological polar surface area (TPSA) is 136 Å². The van der Waals surface area contributed by atoms with E-state index in [4.69, 9.17) is 39.1 Å². The van der Waals surface area contributed by atoms with Gasteiger partial charge in [-0.2, -0.15) is 0 Å². The highest BCUT2D eigenvalue weighted by Crippen LogP contribution is 2.20. The molecular weight excluding hydrogens is 611 g/mol. The molecule has 0 fully saturated rings. The van der Waals surface area contributed by atoms with Gasteiger partial charge < -0.3 is 36.3 Å². The molecule has 1 unspecified atom stereocenters. The highest BCUT2D eigenvalue weighted by atomic mass is 35.5. The quantitative estimate of drug-likeness (QED) is 0.0982. The van der Waals surface area contributed by atoms with Crippen molar-refractivity contribution in [2.45, 2.75) is 71.9 Å². The highest BCUT2D eigenvalue weighted by Gasteiger charge is 2.06. The molecule has 0 spiro atoms. The second kappa shape index (κ2) is 20.6. The fourth-order valence-electron chi connectivity index (χ4n) is 4.16. The SMILES string of the molecule is CC(=O)CCc1ccc(O)c(CO)c1.CC(CCc1ccc(O)c(CO)c1)NCc1ccc(Cl)cc1.NCc1ccc(Cl)cc1. The number of aromatic hydroxyl groups is 2. The summed E-state index contributed by atoms with van der Waals surface area (Å²) in [6.07, 6.45) is 3.05. The van der Waals surface area contributed by atoms with Crippen molar-refractivity contribution in [2.75, 3.05) is 0 Å². The maximum absolute atomic E-state index is 10.7. The van der Waals surface area contributed by atoms with Crippen molar-refractivity contribution >= 4 is 29.0 Å². The average Bonchev–Trinajstić information content (AvgIpc) is 3.04. The van der Waals surface area contributed by atoms with Gasteiger partial charge in [0.05, 0.1) is 13.2 Å². The van der Waals surface area contributed by atoms with Crippen LogP contribution in [0, 0.1) is 0 Å². The lowest BCUT2D eigenvalue weighted by Crippen LogP contribution is -2.25. The molecule has 0 saturated carbocycles. The highest BCUT2D eigenvalue weighted by molar-refractivity contribution is 6.30. The fraction of sp³-hybridized carbons (Fsp3) is 0.306. The summed E-state index contributed by atoms with van der Waals surface area (Å²) >= 11 is 11.5. The lowest BCUT2D eigenvalue weighted by atomic mass is 10.0. The molecule has 45 heavy (non-hydrogen) atoms. The first-order chi connectivity index (χ1) is 21.5. The molecule has 7 N–H and O–H groups in total. The van der Waals surface area contributed by atoms with Crippen LogP contribution < -0.4 is 11.1 Å². The van der Waals surface area contributed by atoms with Crippen molar-refractivity contribution in [2.24, 2.45) is 5.73 Å². The minimum Gasteiger partial charge on any atom is -0.508 e. The molecule has 4 rings (SSSR count). The zero-order valence-corrected chi connectivity index (χ0v) is 27.4.